The predicted octanol–water partition coefficient (Wildman–Crippen LogP) is 2.39. The highest BCUT2D eigenvalue weighted by Crippen LogP contribution is 2.40. The molecule has 3 heterocycles. The van der Waals surface area contributed by atoms with E-state index >= 15 is 0 Å². The normalized spacial score (nSPS) is 22.9. The number of fused-ring (bicyclic) bond motifs is 5. The number of rotatable bonds is 0. The van der Waals surface area contributed by atoms with Crippen molar-refractivity contribution < 1.29 is 4.79 Å². The molecule has 2 aliphatic heterocycles. The molecule has 1 aromatic carbocycles. The summed E-state index contributed by atoms with van der Waals surface area (Å²) in [6.07, 6.45) is 2.67. The van der Waals surface area contributed by atoms with Crippen molar-refractivity contribution in [1.29, 1.82) is 0 Å². The van der Waals surface area contributed by atoms with E-state index < -0.39 is 0 Å². The fourth-order valence-corrected chi connectivity index (χ4v) is 3.32. The Kier molecular flexibility index (Phi) is 1.71. The first kappa shape index (κ1) is 9.28. The molecule has 0 spiro atoms. The number of carbonyl (C=O) groups is 1. The number of H-pyrrole nitrogens is 1. The lowest BCUT2D eigenvalue weighted by atomic mass is 9.98. The molecule has 0 aliphatic carbocycles. The maximum Gasteiger partial charge on any atom is 0.223 e. The average Bonchev–Trinajstić information content (AvgIpc) is 2.90. The van der Waals surface area contributed by atoms with E-state index in [1.807, 2.05) is 4.90 Å². The minimum absolute atomic E-state index is 0.304. The molecule has 3 nitrogen and oxygen atoms in total. The van der Waals surface area contributed by atoms with Crippen LogP contribution in [0.15, 0.2) is 24.3 Å². The van der Waals surface area contributed by atoms with E-state index in [1.165, 1.54) is 22.2 Å². The highest BCUT2D eigenvalue weighted by molar-refractivity contribution is 5.87. The van der Waals surface area contributed by atoms with Crippen LogP contribution in [-0.2, 0) is 11.2 Å². The Morgan fingerprint density at radius 1 is 1.24 bits per heavy atom. The van der Waals surface area contributed by atoms with Gasteiger partial charge in [0, 0.05) is 29.6 Å². The molecule has 2 aromatic rings. The predicted molar refractivity (Wildman–Crippen MR) is 65.7 cm³/mol. The number of nitrogens with one attached hydrogen (secondary N) is 1. The fraction of sp³-hybridized carbons (Fsp3) is 0.357. The Hall–Kier alpha value is -1.77. The number of nitrogens with zero attached hydrogens (tertiary/aromatic N) is 1. The smallest absolute Gasteiger partial charge is 0.223 e. The molecule has 1 saturated heterocycles. The fourth-order valence-electron chi connectivity index (χ4n) is 3.32. The molecule has 1 fully saturated rings. The number of aromatic amines is 1. The van der Waals surface area contributed by atoms with Crippen molar-refractivity contribution in [2.75, 3.05) is 6.54 Å². The number of carbonyl (C=O) groups excluding carboxylic acids is 1. The third-order valence-corrected chi connectivity index (χ3v) is 4.11. The van der Waals surface area contributed by atoms with Gasteiger partial charge < -0.3 is 9.88 Å². The van der Waals surface area contributed by atoms with Crippen LogP contribution in [0.5, 0.6) is 0 Å². The lowest BCUT2D eigenvalue weighted by Gasteiger charge is -2.29. The zero-order valence-electron chi connectivity index (χ0n) is 9.57. The Balaban J connectivity index is 1.94. The number of benzene rings is 1. The van der Waals surface area contributed by atoms with Gasteiger partial charge in [-0.2, -0.15) is 0 Å². The molecule has 86 valence electrons. The Morgan fingerprint density at radius 2 is 2.12 bits per heavy atom. The van der Waals surface area contributed by atoms with E-state index in [4.69, 9.17) is 0 Å². The summed E-state index contributed by atoms with van der Waals surface area (Å²) in [4.78, 5) is 17.3. The van der Waals surface area contributed by atoms with Crippen LogP contribution in [-0.4, -0.2) is 22.3 Å². The molecule has 3 heteroatoms. The Bertz CT molecular complexity index is 614. The van der Waals surface area contributed by atoms with Crippen molar-refractivity contribution >= 4 is 16.8 Å². The molecule has 1 atom stereocenters. The number of para-hydroxylation sites is 1. The summed E-state index contributed by atoms with van der Waals surface area (Å²) in [7, 11) is 0. The largest absolute Gasteiger partial charge is 0.356 e. The van der Waals surface area contributed by atoms with Gasteiger partial charge in [-0.05, 0) is 24.5 Å². The molecule has 0 radical (unpaired) electrons. The van der Waals surface area contributed by atoms with E-state index in [-0.39, 0.29) is 0 Å². The maximum atomic E-state index is 11.7. The lowest BCUT2D eigenvalue weighted by Crippen LogP contribution is -2.33. The number of aromatic nitrogens is 1. The summed E-state index contributed by atoms with van der Waals surface area (Å²) in [5.41, 5.74) is 3.92. The van der Waals surface area contributed by atoms with Crippen LogP contribution in [0.1, 0.15) is 30.1 Å². The maximum absolute atomic E-state index is 11.7. The van der Waals surface area contributed by atoms with Crippen molar-refractivity contribution in [1.82, 2.24) is 9.88 Å². The van der Waals surface area contributed by atoms with Gasteiger partial charge in [-0.3, -0.25) is 4.79 Å². The number of hydrogen-bond acceptors (Lipinski definition) is 1. The molecule has 4 rings (SSSR count). The first-order valence-electron chi connectivity index (χ1n) is 6.23. The van der Waals surface area contributed by atoms with Crippen LogP contribution < -0.4 is 0 Å². The van der Waals surface area contributed by atoms with E-state index in [0.29, 0.717) is 18.4 Å². The van der Waals surface area contributed by atoms with E-state index in [9.17, 15) is 4.79 Å². The molecule has 17 heavy (non-hydrogen) atoms. The Morgan fingerprint density at radius 3 is 3.06 bits per heavy atom. The van der Waals surface area contributed by atoms with Gasteiger partial charge in [0.25, 0.3) is 0 Å². The SMILES string of the molecule is O=C1CC[C@H]2c3[nH]c4ccccc4c3CCN12. The van der Waals surface area contributed by atoms with Crippen LogP contribution in [0.4, 0.5) is 0 Å². The second-order valence-corrected chi connectivity index (χ2v) is 4.95. The van der Waals surface area contributed by atoms with Gasteiger partial charge in [-0.25, -0.2) is 0 Å². The minimum Gasteiger partial charge on any atom is -0.356 e. The van der Waals surface area contributed by atoms with Crippen LogP contribution in [0.2, 0.25) is 0 Å². The minimum atomic E-state index is 0.304. The van der Waals surface area contributed by atoms with Gasteiger partial charge in [-0.15, -0.1) is 0 Å². The molecule has 2 aliphatic rings. The summed E-state index contributed by atoms with van der Waals surface area (Å²) in [5.74, 6) is 0.319. The van der Waals surface area contributed by atoms with Crippen LogP contribution in [0.3, 0.4) is 0 Å². The number of hydrogen-bond donors (Lipinski definition) is 1. The Labute approximate surface area is 99.4 Å². The average molecular weight is 226 g/mol. The van der Waals surface area contributed by atoms with Gasteiger partial charge in [0.1, 0.15) is 0 Å². The topological polar surface area (TPSA) is 36.1 Å². The molecule has 0 unspecified atom stereocenters. The van der Waals surface area contributed by atoms with Gasteiger partial charge in [0.2, 0.25) is 5.91 Å². The second-order valence-electron chi connectivity index (χ2n) is 4.95. The van der Waals surface area contributed by atoms with Gasteiger partial charge in [0.15, 0.2) is 0 Å². The third-order valence-electron chi connectivity index (χ3n) is 4.11. The van der Waals surface area contributed by atoms with Crippen molar-refractivity contribution in [3.8, 4) is 0 Å². The monoisotopic (exact) mass is 226 g/mol. The molecular weight excluding hydrogens is 212 g/mol. The first-order valence-corrected chi connectivity index (χ1v) is 6.23. The molecule has 1 amide bonds. The highest BCUT2D eigenvalue weighted by atomic mass is 16.2. The second kappa shape index (κ2) is 3.13. The molecule has 0 bridgehead atoms. The molecule has 1 N–H and O–H groups in total. The van der Waals surface area contributed by atoms with Crippen molar-refractivity contribution in [2.45, 2.75) is 25.3 Å². The molecular formula is C14H14N2O. The van der Waals surface area contributed by atoms with Crippen LogP contribution in [0.25, 0.3) is 10.9 Å². The van der Waals surface area contributed by atoms with E-state index in [1.54, 1.807) is 0 Å². The molecule has 0 saturated carbocycles. The van der Waals surface area contributed by atoms with Crippen LogP contribution in [0, 0.1) is 0 Å². The summed E-state index contributed by atoms with van der Waals surface area (Å²) in [6, 6.07) is 8.75. The quantitative estimate of drug-likeness (QED) is 0.735. The van der Waals surface area contributed by atoms with Crippen molar-refractivity contribution in [2.24, 2.45) is 0 Å². The summed E-state index contributed by atoms with van der Waals surface area (Å²) < 4.78 is 0. The van der Waals surface area contributed by atoms with Crippen molar-refractivity contribution in [3.63, 3.8) is 0 Å². The summed E-state index contributed by atoms with van der Waals surface area (Å²) in [6.45, 7) is 0.887. The van der Waals surface area contributed by atoms with Gasteiger partial charge in [0.05, 0.1) is 6.04 Å². The standard InChI is InChI=1S/C14H14N2O/c17-13-6-5-12-14-10(7-8-16(12)13)9-3-1-2-4-11(9)15-14/h1-4,12,15H,5-8H2/t12-/m0/s1. The summed E-state index contributed by atoms with van der Waals surface area (Å²) >= 11 is 0. The van der Waals surface area contributed by atoms with Crippen molar-refractivity contribution in [3.05, 3.63) is 35.5 Å². The van der Waals surface area contributed by atoms with E-state index in [2.05, 4.69) is 29.2 Å². The highest BCUT2D eigenvalue weighted by Gasteiger charge is 2.37. The third kappa shape index (κ3) is 1.14. The lowest BCUT2D eigenvalue weighted by molar-refractivity contribution is -0.129. The van der Waals surface area contributed by atoms with Gasteiger partial charge >= 0.3 is 0 Å². The zero-order valence-corrected chi connectivity index (χ0v) is 9.57. The summed E-state index contributed by atoms with van der Waals surface area (Å²) in [5, 5.41) is 1.33. The first-order chi connectivity index (χ1) is 8.34. The number of amides is 1. The zero-order chi connectivity index (χ0) is 11.4. The van der Waals surface area contributed by atoms with E-state index in [0.717, 1.165) is 19.4 Å². The molecule has 1 aromatic heterocycles. The van der Waals surface area contributed by atoms with Crippen LogP contribution >= 0.6 is 0 Å². The van der Waals surface area contributed by atoms with Gasteiger partial charge in [-0.1, -0.05) is 18.2 Å².